The molecule has 0 aliphatic carbocycles. The van der Waals surface area contributed by atoms with E-state index < -0.39 is 0 Å². The van der Waals surface area contributed by atoms with E-state index in [9.17, 15) is 4.79 Å². The number of likely N-dealkylation sites (tertiary alicyclic amines) is 1. The Morgan fingerprint density at radius 2 is 2.17 bits per heavy atom. The van der Waals surface area contributed by atoms with Gasteiger partial charge in [-0.05, 0) is 48.9 Å². The highest BCUT2D eigenvalue weighted by Gasteiger charge is 2.22. The fourth-order valence-electron chi connectivity index (χ4n) is 3.05. The van der Waals surface area contributed by atoms with Gasteiger partial charge in [-0.1, -0.05) is 6.07 Å². The number of urea groups is 1. The van der Waals surface area contributed by atoms with Crippen LogP contribution in [0, 0.1) is 5.92 Å². The molecule has 1 aliphatic heterocycles. The number of piperidine rings is 1. The quantitative estimate of drug-likeness (QED) is 0.923. The molecule has 0 bridgehead atoms. The van der Waals surface area contributed by atoms with E-state index in [-0.39, 0.29) is 6.03 Å². The molecule has 122 valence electrons. The molecule has 23 heavy (non-hydrogen) atoms. The van der Waals surface area contributed by atoms with E-state index in [0.717, 1.165) is 44.5 Å². The molecule has 0 unspecified atom stereocenters. The maximum Gasteiger partial charge on any atom is 0.317 e. The van der Waals surface area contributed by atoms with Gasteiger partial charge in [0.1, 0.15) is 5.76 Å². The van der Waals surface area contributed by atoms with Crippen molar-refractivity contribution in [1.82, 2.24) is 15.2 Å². The average molecular weight is 313 g/mol. The molecule has 5 nitrogen and oxygen atoms in total. The third-order valence-electron chi connectivity index (χ3n) is 4.38. The second-order valence-electron chi connectivity index (χ2n) is 6.06. The van der Waals surface area contributed by atoms with Crippen LogP contribution in [0.4, 0.5) is 4.79 Å². The van der Waals surface area contributed by atoms with Crippen LogP contribution in [0.1, 0.15) is 24.2 Å². The Bertz CT molecular complexity index is 590. The number of furan rings is 1. The van der Waals surface area contributed by atoms with Crippen LogP contribution in [-0.2, 0) is 12.8 Å². The number of aromatic nitrogens is 1. The molecule has 0 saturated carbocycles. The first kappa shape index (κ1) is 15.6. The number of hydrogen-bond donors (Lipinski definition) is 1. The minimum Gasteiger partial charge on any atom is -0.469 e. The van der Waals surface area contributed by atoms with Crippen molar-refractivity contribution in [3.63, 3.8) is 0 Å². The Morgan fingerprint density at radius 3 is 2.87 bits per heavy atom. The molecule has 2 amide bonds. The van der Waals surface area contributed by atoms with Gasteiger partial charge in [0.05, 0.1) is 6.26 Å². The van der Waals surface area contributed by atoms with E-state index in [1.54, 1.807) is 12.5 Å². The zero-order chi connectivity index (χ0) is 15.9. The van der Waals surface area contributed by atoms with Crippen LogP contribution < -0.4 is 5.32 Å². The summed E-state index contributed by atoms with van der Waals surface area (Å²) in [7, 11) is 0. The predicted molar refractivity (Wildman–Crippen MR) is 88.0 cm³/mol. The van der Waals surface area contributed by atoms with E-state index in [1.165, 1.54) is 5.56 Å². The van der Waals surface area contributed by atoms with Crippen molar-refractivity contribution in [3.8, 4) is 0 Å². The minimum absolute atomic E-state index is 0.0383. The van der Waals surface area contributed by atoms with Gasteiger partial charge in [-0.3, -0.25) is 4.98 Å². The monoisotopic (exact) mass is 313 g/mol. The fourth-order valence-corrected chi connectivity index (χ4v) is 3.05. The minimum atomic E-state index is 0.0383. The Balaban J connectivity index is 1.37. The highest BCUT2D eigenvalue weighted by Crippen LogP contribution is 2.21. The van der Waals surface area contributed by atoms with Crippen LogP contribution in [-0.4, -0.2) is 35.5 Å². The molecule has 2 aromatic rings. The first-order chi connectivity index (χ1) is 11.3. The van der Waals surface area contributed by atoms with E-state index >= 15 is 0 Å². The molecular formula is C18H23N3O2. The Labute approximate surface area is 136 Å². The molecule has 0 aromatic carbocycles. The van der Waals surface area contributed by atoms with Crippen molar-refractivity contribution < 1.29 is 9.21 Å². The number of carbonyl (C=O) groups excluding carboxylic acids is 1. The Hall–Kier alpha value is -2.30. The van der Waals surface area contributed by atoms with Crippen molar-refractivity contribution in [2.24, 2.45) is 5.92 Å². The molecule has 1 aliphatic rings. The van der Waals surface area contributed by atoms with Gasteiger partial charge in [-0.25, -0.2) is 4.79 Å². The number of rotatable bonds is 5. The largest absolute Gasteiger partial charge is 0.469 e. The molecule has 1 saturated heterocycles. The first-order valence-corrected chi connectivity index (χ1v) is 8.25. The van der Waals surface area contributed by atoms with Crippen molar-refractivity contribution in [1.29, 1.82) is 0 Å². The van der Waals surface area contributed by atoms with Gasteiger partial charge in [-0.15, -0.1) is 0 Å². The molecule has 0 spiro atoms. The molecule has 1 fully saturated rings. The summed E-state index contributed by atoms with van der Waals surface area (Å²) in [5.41, 5.74) is 1.29. The topological polar surface area (TPSA) is 58.4 Å². The first-order valence-electron chi connectivity index (χ1n) is 8.25. The maximum atomic E-state index is 12.2. The lowest BCUT2D eigenvalue weighted by molar-refractivity contribution is 0.170. The lowest BCUT2D eigenvalue weighted by atomic mass is 9.91. The predicted octanol–water partition coefficient (Wildman–Crippen LogP) is 2.88. The van der Waals surface area contributed by atoms with E-state index in [0.29, 0.717) is 12.5 Å². The smallest absolute Gasteiger partial charge is 0.317 e. The van der Waals surface area contributed by atoms with Gasteiger partial charge in [0.2, 0.25) is 0 Å². The standard InChI is InChI=1S/C18H23N3O2/c22-18(20-9-5-17-4-2-12-23-17)21-10-6-15(7-11-21)13-16-3-1-8-19-14-16/h1-4,8,12,14-15H,5-7,9-11,13H2,(H,20,22). The molecule has 1 N–H and O–H groups in total. The fraction of sp³-hybridized carbons (Fsp3) is 0.444. The number of hydrogen-bond acceptors (Lipinski definition) is 3. The summed E-state index contributed by atoms with van der Waals surface area (Å²) >= 11 is 0. The number of carbonyl (C=O) groups is 1. The van der Waals surface area contributed by atoms with E-state index in [4.69, 9.17) is 4.42 Å². The normalized spacial score (nSPS) is 15.6. The summed E-state index contributed by atoms with van der Waals surface area (Å²) in [5.74, 6) is 1.55. The van der Waals surface area contributed by atoms with Crippen LogP contribution in [0.3, 0.4) is 0 Å². The van der Waals surface area contributed by atoms with Gasteiger partial charge in [0.25, 0.3) is 0 Å². The molecule has 3 heterocycles. The summed E-state index contributed by atoms with van der Waals surface area (Å²) in [5, 5.41) is 2.97. The summed E-state index contributed by atoms with van der Waals surface area (Å²) < 4.78 is 5.26. The number of amides is 2. The van der Waals surface area contributed by atoms with Crippen LogP contribution in [0.2, 0.25) is 0 Å². The summed E-state index contributed by atoms with van der Waals surface area (Å²) in [6.07, 6.45) is 9.30. The van der Waals surface area contributed by atoms with Crippen molar-refractivity contribution in [2.45, 2.75) is 25.7 Å². The Morgan fingerprint density at radius 1 is 1.30 bits per heavy atom. The molecule has 2 aromatic heterocycles. The van der Waals surface area contributed by atoms with Gasteiger partial charge >= 0.3 is 6.03 Å². The molecule has 5 heteroatoms. The van der Waals surface area contributed by atoms with Crippen molar-refractivity contribution in [3.05, 3.63) is 54.2 Å². The van der Waals surface area contributed by atoms with E-state index in [1.807, 2.05) is 29.3 Å². The van der Waals surface area contributed by atoms with Gasteiger partial charge in [0, 0.05) is 38.4 Å². The second kappa shape index (κ2) is 7.81. The zero-order valence-corrected chi connectivity index (χ0v) is 13.3. The third-order valence-corrected chi connectivity index (χ3v) is 4.38. The summed E-state index contributed by atoms with van der Waals surface area (Å²) in [6.45, 7) is 2.27. The van der Waals surface area contributed by atoms with Crippen molar-refractivity contribution in [2.75, 3.05) is 19.6 Å². The summed E-state index contributed by atoms with van der Waals surface area (Å²) in [6, 6.07) is 7.94. The van der Waals surface area contributed by atoms with Crippen LogP contribution in [0.5, 0.6) is 0 Å². The SMILES string of the molecule is O=C(NCCc1ccco1)N1CCC(Cc2cccnc2)CC1. The van der Waals surface area contributed by atoms with Crippen molar-refractivity contribution >= 4 is 6.03 Å². The number of nitrogens with one attached hydrogen (secondary N) is 1. The van der Waals surface area contributed by atoms with Gasteiger partial charge < -0.3 is 14.6 Å². The highest BCUT2D eigenvalue weighted by molar-refractivity contribution is 5.74. The molecule has 0 radical (unpaired) electrons. The van der Waals surface area contributed by atoms with Crippen LogP contribution >= 0.6 is 0 Å². The second-order valence-corrected chi connectivity index (χ2v) is 6.06. The molecule has 3 rings (SSSR count). The van der Waals surface area contributed by atoms with Crippen LogP contribution in [0.15, 0.2) is 47.3 Å². The molecular weight excluding hydrogens is 290 g/mol. The van der Waals surface area contributed by atoms with E-state index in [2.05, 4.69) is 16.4 Å². The Kier molecular flexibility index (Phi) is 5.29. The lowest BCUT2D eigenvalue weighted by Gasteiger charge is -2.32. The third kappa shape index (κ3) is 4.58. The maximum absolute atomic E-state index is 12.2. The van der Waals surface area contributed by atoms with Gasteiger partial charge in [0.15, 0.2) is 0 Å². The number of nitrogens with zero attached hydrogens (tertiary/aromatic N) is 2. The number of pyridine rings is 1. The average Bonchev–Trinajstić information content (AvgIpc) is 3.10. The van der Waals surface area contributed by atoms with Gasteiger partial charge in [-0.2, -0.15) is 0 Å². The zero-order valence-electron chi connectivity index (χ0n) is 13.3. The lowest BCUT2D eigenvalue weighted by Crippen LogP contribution is -2.45. The molecule has 0 atom stereocenters. The van der Waals surface area contributed by atoms with Crippen LogP contribution in [0.25, 0.3) is 0 Å². The summed E-state index contributed by atoms with van der Waals surface area (Å²) in [4.78, 5) is 18.3. The highest BCUT2D eigenvalue weighted by atomic mass is 16.3.